The molecular formula is C29H40N2O3Si. The van der Waals surface area contributed by atoms with Crippen LogP contribution in [0.3, 0.4) is 0 Å². The zero-order valence-corrected chi connectivity index (χ0v) is 22.9. The fourth-order valence-corrected chi connectivity index (χ4v) is 12.3. The molecule has 2 N–H and O–H groups in total. The van der Waals surface area contributed by atoms with Crippen LogP contribution in [0.15, 0.2) is 60.7 Å². The average Bonchev–Trinajstić information content (AvgIpc) is 2.88. The fraction of sp³-hybridized carbons (Fsp3) is 0.552. The Bertz CT molecular complexity index is 1040. The number of hydrogen-bond donors (Lipinski definition) is 2. The Hall–Kier alpha value is -2.15. The molecule has 3 saturated heterocycles. The van der Waals surface area contributed by atoms with Crippen molar-refractivity contribution >= 4 is 24.8 Å². The van der Waals surface area contributed by atoms with E-state index < -0.39 is 19.9 Å². The summed E-state index contributed by atoms with van der Waals surface area (Å²) in [5.41, 5.74) is -0.868. The van der Waals surface area contributed by atoms with Crippen molar-refractivity contribution in [1.82, 2.24) is 10.2 Å². The van der Waals surface area contributed by atoms with E-state index in [0.717, 1.165) is 19.4 Å². The average molecular weight is 493 g/mol. The minimum absolute atomic E-state index is 0.00859. The third kappa shape index (κ3) is 3.44. The standard InChI is InChI=1S/C29H40N2O3Si/c1-27(2,3)29-18-20-17-23(31(29)26(32)33)24(30-19-20)25(29)34-35(28(4,5)6,21-13-9-7-10-14-21)22-15-11-8-12-16-22/h7-16,20,23-25,30H,17-19H2,1-6H3,(H,32,33)/t20-,23-,24+,25-,29-/m1/s1. The van der Waals surface area contributed by atoms with E-state index >= 15 is 0 Å². The van der Waals surface area contributed by atoms with Crippen molar-refractivity contribution in [2.24, 2.45) is 11.3 Å². The van der Waals surface area contributed by atoms with Crippen molar-refractivity contribution in [3.8, 4) is 0 Å². The van der Waals surface area contributed by atoms with E-state index in [0.29, 0.717) is 5.92 Å². The molecule has 6 heteroatoms. The Morgan fingerprint density at radius 2 is 1.54 bits per heavy atom. The van der Waals surface area contributed by atoms with Gasteiger partial charge < -0.3 is 14.8 Å². The molecular weight excluding hydrogens is 452 g/mol. The van der Waals surface area contributed by atoms with Crippen LogP contribution in [0.2, 0.25) is 5.04 Å². The van der Waals surface area contributed by atoms with Gasteiger partial charge in [0, 0.05) is 0 Å². The molecule has 2 aromatic carbocycles. The first-order chi connectivity index (χ1) is 16.4. The van der Waals surface area contributed by atoms with E-state index in [1.54, 1.807) is 0 Å². The van der Waals surface area contributed by atoms with Gasteiger partial charge in [0.05, 0.1) is 23.7 Å². The number of rotatable bonds is 4. The zero-order valence-electron chi connectivity index (χ0n) is 21.9. The molecule has 3 aliphatic rings. The SMILES string of the molecule is CC(C)(C)[C@]12C[C@@H]3CN[C@@H]([C@@H](C3)N1C(=O)O)[C@H]2O[Si](c1ccccc1)(c1ccccc1)C(C)(C)C. The molecule has 35 heavy (non-hydrogen) atoms. The summed E-state index contributed by atoms with van der Waals surface area (Å²) >= 11 is 0. The van der Waals surface area contributed by atoms with Crippen LogP contribution in [0.5, 0.6) is 0 Å². The van der Waals surface area contributed by atoms with Gasteiger partial charge in [-0.3, -0.25) is 4.90 Å². The molecule has 3 fully saturated rings. The van der Waals surface area contributed by atoms with Crippen molar-refractivity contribution in [1.29, 1.82) is 0 Å². The summed E-state index contributed by atoms with van der Waals surface area (Å²) in [7, 11) is -2.86. The molecule has 0 saturated carbocycles. The van der Waals surface area contributed by atoms with Gasteiger partial charge in [0.25, 0.3) is 8.32 Å². The van der Waals surface area contributed by atoms with Crippen LogP contribution in [0.4, 0.5) is 4.79 Å². The van der Waals surface area contributed by atoms with Crippen LogP contribution in [-0.4, -0.2) is 54.7 Å². The molecule has 2 aromatic rings. The highest BCUT2D eigenvalue weighted by molar-refractivity contribution is 6.99. The van der Waals surface area contributed by atoms with Gasteiger partial charge in [-0.2, -0.15) is 0 Å². The van der Waals surface area contributed by atoms with E-state index in [2.05, 4.69) is 108 Å². The first kappa shape index (κ1) is 24.5. The van der Waals surface area contributed by atoms with Crippen molar-refractivity contribution < 1.29 is 14.3 Å². The normalized spacial score (nSPS) is 30.5. The Balaban J connectivity index is 1.76. The topological polar surface area (TPSA) is 61.8 Å². The molecule has 0 aliphatic carbocycles. The van der Waals surface area contributed by atoms with Crippen LogP contribution in [0.25, 0.3) is 0 Å². The van der Waals surface area contributed by atoms with Crippen molar-refractivity contribution in [2.45, 2.75) is 83.1 Å². The molecule has 3 aliphatic heterocycles. The van der Waals surface area contributed by atoms with Crippen molar-refractivity contribution in [3.63, 3.8) is 0 Å². The minimum atomic E-state index is -2.86. The molecule has 0 radical (unpaired) electrons. The van der Waals surface area contributed by atoms with E-state index in [9.17, 15) is 9.90 Å². The molecule has 188 valence electrons. The highest BCUT2D eigenvalue weighted by atomic mass is 28.4. The maximum Gasteiger partial charge on any atom is 0.408 e. The largest absolute Gasteiger partial charge is 0.465 e. The highest BCUT2D eigenvalue weighted by Gasteiger charge is 2.72. The maximum atomic E-state index is 12.8. The third-order valence-corrected chi connectivity index (χ3v) is 14.0. The lowest BCUT2D eigenvalue weighted by molar-refractivity contribution is -0.0718. The third-order valence-electron chi connectivity index (χ3n) is 9.02. The number of benzene rings is 2. The van der Waals surface area contributed by atoms with Gasteiger partial charge >= 0.3 is 6.09 Å². The summed E-state index contributed by atoms with van der Waals surface area (Å²) in [6, 6.07) is 21.4. The molecule has 0 aromatic heterocycles. The van der Waals surface area contributed by atoms with Gasteiger partial charge in [0.1, 0.15) is 0 Å². The lowest BCUT2D eigenvalue weighted by Gasteiger charge is -2.56. The Labute approximate surface area is 211 Å². The quantitative estimate of drug-likeness (QED) is 0.619. The van der Waals surface area contributed by atoms with Crippen LogP contribution in [0, 0.1) is 11.3 Å². The zero-order chi connectivity index (χ0) is 25.2. The van der Waals surface area contributed by atoms with Gasteiger partial charge in [0.2, 0.25) is 0 Å². The predicted molar refractivity (Wildman–Crippen MR) is 143 cm³/mol. The lowest BCUT2D eigenvalue weighted by atomic mass is 9.65. The summed E-state index contributed by atoms with van der Waals surface area (Å²) < 4.78 is 7.76. The van der Waals surface area contributed by atoms with Crippen LogP contribution >= 0.6 is 0 Å². The van der Waals surface area contributed by atoms with E-state index in [4.69, 9.17) is 4.43 Å². The number of fused-ring (bicyclic) bond motifs is 2. The number of amides is 1. The maximum absolute atomic E-state index is 12.8. The number of hydrogen-bond acceptors (Lipinski definition) is 3. The number of piperidine rings is 2. The lowest BCUT2D eigenvalue weighted by Crippen LogP contribution is -2.72. The van der Waals surface area contributed by atoms with Gasteiger partial charge in [-0.1, -0.05) is 102 Å². The molecule has 5 atom stereocenters. The molecule has 3 bridgehead atoms. The molecule has 3 heterocycles. The van der Waals surface area contributed by atoms with Gasteiger partial charge in [-0.25, -0.2) is 4.79 Å². The highest BCUT2D eigenvalue weighted by Crippen LogP contribution is 2.58. The molecule has 5 nitrogen and oxygen atoms in total. The fourth-order valence-electron chi connectivity index (χ4n) is 7.58. The van der Waals surface area contributed by atoms with E-state index in [-0.39, 0.29) is 28.6 Å². The summed E-state index contributed by atoms with van der Waals surface area (Å²) in [5.74, 6) is 0.471. The Kier molecular flexibility index (Phi) is 5.74. The van der Waals surface area contributed by atoms with E-state index in [1.165, 1.54) is 10.4 Å². The van der Waals surface area contributed by atoms with Gasteiger partial charge in [-0.15, -0.1) is 0 Å². The predicted octanol–water partition coefficient (Wildman–Crippen LogP) is 4.46. The van der Waals surface area contributed by atoms with Gasteiger partial charge in [-0.05, 0) is 46.1 Å². The monoisotopic (exact) mass is 492 g/mol. The van der Waals surface area contributed by atoms with Crippen LogP contribution in [-0.2, 0) is 4.43 Å². The van der Waals surface area contributed by atoms with E-state index in [1.807, 2.05) is 4.90 Å². The minimum Gasteiger partial charge on any atom is -0.465 e. The van der Waals surface area contributed by atoms with Crippen molar-refractivity contribution in [3.05, 3.63) is 60.7 Å². The number of carbonyl (C=O) groups is 1. The molecule has 0 spiro atoms. The molecule has 5 rings (SSSR count). The summed E-state index contributed by atoms with van der Waals surface area (Å²) in [6.07, 6.45) is 0.710. The first-order valence-electron chi connectivity index (χ1n) is 13.0. The van der Waals surface area contributed by atoms with Crippen molar-refractivity contribution in [2.75, 3.05) is 6.54 Å². The smallest absolute Gasteiger partial charge is 0.408 e. The van der Waals surface area contributed by atoms with Gasteiger partial charge in [0.15, 0.2) is 0 Å². The summed E-state index contributed by atoms with van der Waals surface area (Å²) in [4.78, 5) is 14.7. The molecule has 1 amide bonds. The second-order valence-corrected chi connectivity index (χ2v) is 17.1. The first-order valence-corrected chi connectivity index (χ1v) is 14.9. The Morgan fingerprint density at radius 1 is 1.00 bits per heavy atom. The molecule has 0 unspecified atom stereocenters. The van der Waals surface area contributed by atoms with Crippen LogP contribution < -0.4 is 15.7 Å². The summed E-state index contributed by atoms with van der Waals surface area (Å²) in [6.45, 7) is 14.4. The second-order valence-electron chi connectivity index (χ2n) is 12.8. The number of carboxylic acid groups (broad SMARTS) is 1. The number of nitrogens with one attached hydrogen (secondary N) is 1. The Morgan fingerprint density at radius 3 is 2.00 bits per heavy atom. The van der Waals surface area contributed by atoms with Crippen LogP contribution in [0.1, 0.15) is 54.4 Å². The second kappa shape index (κ2) is 8.18. The summed E-state index contributed by atoms with van der Waals surface area (Å²) in [5, 5.41) is 16.6. The number of nitrogens with zero attached hydrogens (tertiary/aromatic N) is 1.